The van der Waals surface area contributed by atoms with Crippen molar-refractivity contribution in [2.24, 2.45) is 5.10 Å². The van der Waals surface area contributed by atoms with E-state index in [9.17, 15) is 13.2 Å². The molecule has 0 saturated carbocycles. The van der Waals surface area contributed by atoms with Gasteiger partial charge in [-0.05, 0) is 49.7 Å². The second-order valence-electron chi connectivity index (χ2n) is 6.21. The van der Waals surface area contributed by atoms with Crippen LogP contribution in [0.3, 0.4) is 0 Å². The summed E-state index contributed by atoms with van der Waals surface area (Å²) in [7, 11) is -0.865. The van der Waals surface area contributed by atoms with Gasteiger partial charge in [0, 0.05) is 7.05 Å². The molecular weight excluding hydrogens is 394 g/mol. The molecule has 29 heavy (non-hydrogen) atoms. The van der Waals surface area contributed by atoms with Gasteiger partial charge in [0.05, 0.1) is 31.4 Å². The van der Waals surface area contributed by atoms with Crippen molar-refractivity contribution in [3.63, 3.8) is 0 Å². The Labute approximate surface area is 171 Å². The fourth-order valence-electron chi connectivity index (χ4n) is 2.43. The lowest BCUT2D eigenvalue weighted by molar-refractivity contribution is -0.121. The highest BCUT2D eigenvalue weighted by Crippen LogP contribution is 2.27. The molecule has 0 saturated heterocycles. The number of likely N-dealkylation sites (N-methyl/N-ethyl adjacent to an activating group) is 1. The predicted molar refractivity (Wildman–Crippen MR) is 111 cm³/mol. The average molecular weight is 420 g/mol. The first-order chi connectivity index (χ1) is 13.8. The third-order valence-electron chi connectivity index (χ3n) is 3.99. The second kappa shape index (κ2) is 10.0. The number of benzene rings is 2. The number of hydrogen-bond acceptors (Lipinski definition) is 6. The maximum absolute atomic E-state index is 12.5. The fourth-order valence-corrected chi connectivity index (χ4v) is 3.56. The number of carbonyl (C=O) groups excluding carboxylic acids is 1. The molecule has 0 fully saturated rings. The number of hydrogen-bond donors (Lipinski definition) is 1. The summed E-state index contributed by atoms with van der Waals surface area (Å²) in [5.41, 5.74) is 3.97. The molecule has 0 aliphatic rings. The fraction of sp³-hybridized carbons (Fsp3) is 0.300. The van der Waals surface area contributed by atoms with E-state index in [0.717, 1.165) is 9.87 Å². The molecule has 2 rings (SSSR count). The third kappa shape index (κ3) is 6.03. The highest BCUT2D eigenvalue weighted by Gasteiger charge is 2.22. The Morgan fingerprint density at radius 1 is 1.17 bits per heavy atom. The molecule has 0 bridgehead atoms. The number of nitrogens with one attached hydrogen (secondary N) is 1. The van der Waals surface area contributed by atoms with Crippen molar-refractivity contribution in [2.75, 3.05) is 27.3 Å². The van der Waals surface area contributed by atoms with Crippen molar-refractivity contribution in [3.05, 3.63) is 53.6 Å². The first-order valence-corrected chi connectivity index (χ1v) is 10.4. The Kier molecular flexibility index (Phi) is 7.74. The molecule has 2 aromatic carbocycles. The Hall–Kier alpha value is -2.91. The highest BCUT2D eigenvalue weighted by atomic mass is 32.2. The number of aryl methyl sites for hydroxylation is 1. The van der Waals surface area contributed by atoms with E-state index >= 15 is 0 Å². The summed E-state index contributed by atoms with van der Waals surface area (Å²) in [4.78, 5) is 12.2. The van der Waals surface area contributed by atoms with Gasteiger partial charge in [-0.3, -0.25) is 4.79 Å². The topological polar surface area (TPSA) is 97.3 Å². The molecule has 0 aromatic heterocycles. The smallest absolute Gasteiger partial charge is 0.255 e. The molecule has 0 aliphatic heterocycles. The Balaban J connectivity index is 1.98. The lowest BCUT2D eigenvalue weighted by Crippen LogP contribution is -2.36. The monoisotopic (exact) mass is 419 g/mol. The summed E-state index contributed by atoms with van der Waals surface area (Å²) in [6.07, 6.45) is 1.44. The van der Waals surface area contributed by atoms with Crippen LogP contribution in [0.15, 0.2) is 52.5 Å². The van der Waals surface area contributed by atoms with Crippen LogP contribution < -0.4 is 14.9 Å². The van der Waals surface area contributed by atoms with Crippen molar-refractivity contribution >= 4 is 22.1 Å². The largest absolute Gasteiger partial charge is 0.493 e. The number of nitrogens with zero attached hydrogens (tertiary/aromatic N) is 2. The van der Waals surface area contributed by atoms with Gasteiger partial charge in [0.25, 0.3) is 5.91 Å². The van der Waals surface area contributed by atoms with E-state index < -0.39 is 15.9 Å². The zero-order valence-electron chi connectivity index (χ0n) is 16.9. The maximum atomic E-state index is 12.5. The number of ether oxygens (including phenoxy) is 2. The van der Waals surface area contributed by atoms with Crippen LogP contribution >= 0.6 is 0 Å². The summed E-state index contributed by atoms with van der Waals surface area (Å²) < 4.78 is 36.7. The van der Waals surface area contributed by atoms with Crippen molar-refractivity contribution in [1.82, 2.24) is 9.73 Å². The number of carbonyl (C=O) groups is 1. The van der Waals surface area contributed by atoms with Crippen LogP contribution in [-0.2, 0) is 14.8 Å². The van der Waals surface area contributed by atoms with Crippen LogP contribution in [0.2, 0.25) is 0 Å². The van der Waals surface area contributed by atoms with Crippen LogP contribution in [-0.4, -0.2) is 52.2 Å². The Morgan fingerprint density at radius 2 is 1.86 bits per heavy atom. The third-order valence-corrected chi connectivity index (χ3v) is 5.80. The molecule has 0 unspecified atom stereocenters. The lowest BCUT2D eigenvalue weighted by atomic mass is 10.2. The van der Waals surface area contributed by atoms with Gasteiger partial charge in [0.2, 0.25) is 10.0 Å². The number of methoxy groups -OCH3 is 1. The molecule has 0 atom stereocenters. The molecule has 0 aliphatic carbocycles. The zero-order chi connectivity index (χ0) is 21.4. The van der Waals surface area contributed by atoms with Gasteiger partial charge in [-0.2, -0.15) is 9.41 Å². The van der Waals surface area contributed by atoms with Crippen LogP contribution in [0, 0.1) is 6.92 Å². The average Bonchev–Trinajstić information content (AvgIpc) is 2.68. The minimum Gasteiger partial charge on any atom is -0.493 e. The predicted octanol–water partition coefficient (Wildman–Crippen LogP) is 2.17. The van der Waals surface area contributed by atoms with Crippen LogP contribution in [0.1, 0.15) is 18.1 Å². The minimum atomic E-state index is -3.76. The molecule has 2 aromatic rings. The molecule has 9 heteroatoms. The van der Waals surface area contributed by atoms with Crippen LogP contribution in [0.5, 0.6) is 11.5 Å². The lowest BCUT2D eigenvalue weighted by Gasteiger charge is -2.16. The normalized spacial score (nSPS) is 11.6. The van der Waals surface area contributed by atoms with Crippen molar-refractivity contribution in [2.45, 2.75) is 18.7 Å². The molecule has 0 radical (unpaired) electrons. The minimum absolute atomic E-state index is 0.128. The number of sulfonamides is 1. The molecule has 0 heterocycles. The van der Waals surface area contributed by atoms with Crippen molar-refractivity contribution < 1.29 is 22.7 Å². The van der Waals surface area contributed by atoms with Crippen LogP contribution in [0.4, 0.5) is 0 Å². The summed E-state index contributed by atoms with van der Waals surface area (Å²) in [5, 5.41) is 3.88. The molecule has 156 valence electrons. The van der Waals surface area contributed by atoms with Gasteiger partial charge in [-0.15, -0.1) is 0 Å². The van der Waals surface area contributed by atoms with Crippen molar-refractivity contribution in [3.8, 4) is 11.5 Å². The zero-order valence-corrected chi connectivity index (χ0v) is 17.7. The van der Waals surface area contributed by atoms with E-state index in [4.69, 9.17) is 9.47 Å². The first-order valence-electron chi connectivity index (χ1n) is 8.93. The standard InChI is InChI=1S/C20H25N3O5S/c1-5-28-19-12-16(8-11-18(19)27-4)13-21-22-20(24)14-23(3)29(25,26)17-9-6-15(2)7-10-17/h6-13H,5,14H2,1-4H3,(H,22,24)/b21-13+. The van der Waals surface area contributed by atoms with Gasteiger partial charge >= 0.3 is 0 Å². The summed E-state index contributed by atoms with van der Waals surface area (Å²) in [6, 6.07) is 11.6. The summed E-state index contributed by atoms with van der Waals surface area (Å²) in [6.45, 7) is 3.85. The van der Waals surface area contributed by atoms with E-state index in [1.54, 1.807) is 37.4 Å². The van der Waals surface area contributed by atoms with E-state index in [0.29, 0.717) is 23.7 Å². The second-order valence-corrected chi connectivity index (χ2v) is 8.26. The SMILES string of the molecule is CCOc1cc(/C=N/NC(=O)CN(C)S(=O)(=O)c2ccc(C)cc2)ccc1OC. The molecule has 1 N–H and O–H groups in total. The van der Waals surface area contributed by atoms with Gasteiger partial charge in [-0.25, -0.2) is 13.8 Å². The van der Waals surface area contributed by atoms with Crippen molar-refractivity contribution in [1.29, 1.82) is 0 Å². The van der Waals surface area contributed by atoms with E-state index in [1.807, 2.05) is 13.8 Å². The summed E-state index contributed by atoms with van der Waals surface area (Å²) in [5.74, 6) is 0.600. The molecule has 1 amide bonds. The van der Waals surface area contributed by atoms with Gasteiger partial charge in [0.1, 0.15) is 0 Å². The molecule has 8 nitrogen and oxygen atoms in total. The maximum Gasteiger partial charge on any atom is 0.255 e. The molecular formula is C20H25N3O5S. The highest BCUT2D eigenvalue weighted by molar-refractivity contribution is 7.89. The van der Waals surface area contributed by atoms with Gasteiger partial charge in [-0.1, -0.05) is 17.7 Å². The van der Waals surface area contributed by atoms with E-state index in [1.165, 1.54) is 25.4 Å². The molecule has 0 spiro atoms. The van der Waals surface area contributed by atoms with Gasteiger partial charge < -0.3 is 9.47 Å². The first kappa shape index (κ1) is 22.4. The van der Waals surface area contributed by atoms with Crippen LogP contribution in [0.25, 0.3) is 0 Å². The van der Waals surface area contributed by atoms with E-state index in [2.05, 4.69) is 10.5 Å². The number of amides is 1. The Bertz CT molecular complexity index is 972. The van der Waals surface area contributed by atoms with E-state index in [-0.39, 0.29) is 11.4 Å². The van der Waals surface area contributed by atoms with Gasteiger partial charge in [0.15, 0.2) is 11.5 Å². The number of rotatable bonds is 9. The quantitative estimate of drug-likeness (QED) is 0.496. The Morgan fingerprint density at radius 3 is 2.48 bits per heavy atom. The summed E-state index contributed by atoms with van der Waals surface area (Å²) >= 11 is 0. The number of hydrazone groups is 1.